The summed E-state index contributed by atoms with van der Waals surface area (Å²) in [5, 5.41) is 16.2. The summed E-state index contributed by atoms with van der Waals surface area (Å²) in [5.41, 5.74) is 2.60. The molecular weight excluding hydrogens is 474 g/mol. The normalized spacial score (nSPS) is 11.2. The number of rotatable bonds is 6. The molecule has 2 N–H and O–H groups in total. The lowest BCUT2D eigenvalue weighted by Gasteiger charge is -2.02. The molecule has 0 saturated carbocycles. The van der Waals surface area contributed by atoms with Gasteiger partial charge in [-0.3, -0.25) is 19.8 Å². The van der Waals surface area contributed by atoms with E-state index in [4.69, 9.17) is 12.2 Å². The summed E-state index contributed by atoms with van der Waals surface area (Å²) in [7, 11) is 0. The van der Waals surface area contributed by atoms with Crippen molar-refractivity contribution in [1.29, 1.82) is 0 Å². The Balaban J connectivity index is 1.45. The van der Waals surface area contributed by atoms with E-state index in [9.17, 15) is 4.79 Å². The van der Waals surface area contributed by atoms with Crippen molar-refractivity contribution in [1.82, 2.24) is 29.5 Å². The summed E-state index contributed by atoms with van der Waals surface area (Å²) in [4.78, 5) is 20.0. The molecule has 0 unspecified atom stereocenters. The number of anilines is 1. The smallest absolute Gasteiger partial charge is 0.267 e. The number of allylic oxidation sites excluding steroid dienone is 1. The first kappa shape index (κ1) is 21.4. The highest BCUT2D eigenvalue weighted by Crippen LogP contribution is 2.34. The number of nitrogens with zero attached hydrogens (tertiary/aromatic N) is 5. The lowest BCUT2D eigenvalue weighted by Crippen LogP contribution is -2.09. The van der Waals surface area contributed by atoms with Crippen LogP contribution in [0.1, 0.15) is 21.1 Å². The molecule has 0 bridgehead atoms. The molecule has 4 heterocycles. The van der Waals surface area contributed by atoms with Crippen LogP contribution in [0, 0.1) is 18.6 Å². The van der Waals surface area contributed by atoms with Crippen LogP contribution in [-0.4, -0.2) is 35.4 Å². The van der Waals surface area contributed by atoms with Crippen molar-refractivity contribution < 1.29 is 4.79 Å². The molecule has 11 heteroatoms. The van der Waals surface area contributed by atoms with Gasteiger partial charge in [-0.15, -0.1) is 17.9 Å². The molecule has 0 spiro atoms. The fraction of sp³-hybridized carbons (Fsp3) is 0.136. The fourth-order valence-corrected chi connectivity index (χ4v) is 5.75. The number of thiophene rings is 1. The van der Waals surface area contributed by atoms with Crippen molar-refractivity contribution in [2.45, 2.75) is 20.4 Å². The minimum atomic E-state index is -0.208. The van der Waals surface area contributed by atoms with Crippen molar-refractivity contribution in [3.05, 3.63) is 70.1 Å². The van der Waals surface area contributed by atoms with Crippen molar-refractivity contribution in [2.24, 2.45) is 0 Å². The molecule has 0 radical (unpaired) electrons. The van der Waals surface area contributed by atoms with Gasteiger partial charge in [0, 0.05) is 11.9 Å². The predicted molar refractivity (Wildman–Crippen MR) is 135 cm³/mol. The van der Waals surface area contributed by atoms with Gasteiger partial charge < -0.3 is 0 Å². The van der Waals surface area contributed by atoms with E-state index in [0.717, 1.165) is 32.2 Å². The van der Waals surface area contributed by atoms with Crippen molar-refractivity contribution in [3.8, 4) is 16.4 Å². The SMILES string of the molecule is C=CCn1c(-c2sc(NC(=O)c3cc4c(C)nn(-c5ccccc5)c4s3)nc2C)n[nH]c1=S. The number of aromatic nitrogens is 6. The van der Waals surface area contributed by atoms with Gasteiger partial charge >= 0.3 is 0 Å². The number of carbonyl (C=O) groups excluding carboxylic acids is 1. The number of nitrogens with one attached hydrogen (secondary N) is 2. The summed E-state index contributed by atoms with van der Waals surface area (Å²) >= 11 is 8.07. The van der Waals surface area contributed by atoms with Crippen LogP contribution >= 0.6 is 34.9 Å². The van der Waals surface area contributed by atoms with E-state index in [1.807, 2.05) is 59.5 Å². The van der Waals surface area contributed by atoms with E-state index in [-0.39, 0.29) is 5.91 Å². The molecule has 5 aromatic rings. The molecule has 0 atom stereocenters. The lowest BCUT2D eigenvalue weighted by atomic mass is 10.3. The predicted octanol–water partition coefficient (Wildman–Crippen LogP) is 5.52. The van der Waals surface area contributed by atoms with Gasteiger partial charge in [0.05, 0.1) is 26.8 Å². The Hall–Kier alpha value is -3.41. The summed E-state index contributed by atoms with van der Waals surface area (Å²) in [6.07, 6.45) is 1.76. The second-order valence-electron chi connectivity index (χ2n) is 7.30. The van der Waals surface area contributed by atoms with Gasteiger partial charge in [-0.2, -0.15) is 10.2 Å². The first-order valence-electron chi connectivity index (χ1n) is 10.1. The second kappa shape index (κ2) is 8.50. The zero-order valence-corrected chi connectivity index (χ0v) is 20.3. The first-order valence-corrected chi connectivity index (χ1v) is 12.1. The van der Waals surface area contributed by atoms with Gasteiger partial charge in [-0.25, -0.2) is 9.67 Å². The minimum absolute atomic E-state index is 0.208. The molecule has 0 aliphatic heterocycles. The van der Waals surface area contributed by atoms with Crippen LogP contribution in [0.4, 0.5) is 5.13 Å². The largest absolute Gasteiger partial charge is 0.297 e. The van der Waals surface area contributed by atoms with Crippen molar-refractivity contribution in [3.63, 3.8) is 0 Å². The summed E-state index contributed by atoms with van der Waals surface area (Å²) in [5.74, 6) is 0.469. The summed E-state index contributed by atoms with van der Waals surface area (Å²) in [6.45, 7) is 8.14. The second-order valence-corrected chi connectivity index (χ2v) is 9.72. The molecule has 0 aliphatic rings. The molecule has 33 heavy (non-hydrogen) atoms. The topological polar surface area (TPSA) is 93.4 Å². The van der Waals surface area contributed by atoms with Gasteiger partial charge in [0.25, 0.3) is 5.91 Å². The van der Waals surface area contributed by atoms with Crippen LogP contribution < -0.4 is 5.32 Å². The number of benzene rings is 1. The molecule has 4 aromatic heterocycles. The van der Waals surface area contributed by atoms with Crippen molar-refractivity contribution in [2.75, 3.05) is 5.32 Å². The maximum atomic E-state index is 13.1. The Bertz CT molecular complexity index is 1550. The Morgan fingerprint density at radius 3 is 2.79 bits per heavy atom. The highest BCUT2D eigenvalue weighted by atomic mass is 32.1. The van der Waals surface area contributed by atoms with Gasteiger partial charge in [-0.1, -0.05) is 35.6 Å². The standard InChI is InChI=1S/C22H19N7OS3/c1-4-10-28-18(25-26-22(28)31)17-13(3)23-21(33-17)24-19(30)16-11-15-12(2)27-29(20(15)32-16)14-8-6-5-7-9-14/h4-9,11H,1,10H2,2-3H3,(H,26,31)(H,23,24,30). The number of carbonyl (C=O) groups is 1. The quantitative estimate of drug-likeness (QED) is 0.240. The monoisotopic (exact) mass is 493 g/mol. The van der Waals surface area contributed by atoms with E-state index in [1.165, 1.54) is 22.7 Å². The molecule has 166 valence electrons. The number of para-hydroxylation sites is 1. The third kappa shape index (κ3) is 3.84. The Morgan fingerprint density at radius 2 is 2.03 bits per heavy atom. The molecular formula is C22H19N7OS3. The highest BCUT2D eigenvalue weighted by molar-refractivity contribution is 7.71. The zero-order chi connectivity index (χ0) is 23.1. The van der Waals surface area contributed by atoms with E-state index in [0.29, 0.717) is 27.1 Å². The van der Waals surface area contributed by atoms with E-state index in [1.54, 1.807) is 6.08 Å². The first-order chi connectivity index (χ1) is 16.0. The number of aryl methyl sites for hydroxylation is 2. The van der Waals surface area contributed by atoms with E-state index < -0.39 is 0 Å². The van der Waals surface area contributed by atoms with Crippen LogP contribution in [0.15, 0.2) is 49.1 Å². The van der Waals surface area contributed by atoms with Gasteiger partial charge in [-0.05, 0) is 44.3 Å². The molecule has 0 saturated heterocycles. The van der Waals surface area contributed by atoms with Gasteiger partial charge in [0.2, 0.25) is 0 Å². The van der Waals surface area contributed by atoms with Crippen LogP contribution in [0.5, 0.6) is 0 Å². The Labute approximate surface area is 202 Å². The number of fused-ring (bicyclic) bond motifs is 1. The van der Waals surface area contributed by atoms with Gasteiger partial charge in [0.15, 0.2) is 15.7 Å². The Kier molecular flexibility index (Phi) is 5.52. The summed E-state index contributed by atoms with van der Waals surface area (Å²) in [6, 6.07) is 11.8. The third-order valence-corrected chi connectivity index (χ3v) is 7.55. The van der Waals surface area contributed by atoms with Gasteiger partial charge in [0.1, 0.15) is 4.83 Å². The molecule has 1 aromatic carbocycles. The molecule has 0 aliphatic carbocycles. The maximum Gasteiger partial charge on any atom is 0.267 e. The average Bonchev–Trinajstić information content (AvgIpc) is 3.55. The number of thiazole rings is 1. The molecule has 1 amide bonds. The number of hydrogen-bond acceptors (Lipinski definition) is 7. The van der Waals surface area contributed by atoms with Crippen LogP contribution in [0.2, 0.25) is 0 Å². The lowest BCUT2D eigenvalue weighted by molar-refractivity contribution is 0.103. The van der Waals surface area contributed by atoms with E-state index in [2.05, 4.69) is 32.2 Å². The molecule has 0 fully saturated rings. The number of amides is 1. The molecule has 5 rings (SSSR count). The number of hydrogen-bond donors (Lipinski definition) is 2. The highest BCUT2D eigenvalue weighted by Gasteiger charge is 2.20. The third-order valence-electron chi connectivity index (χ3n) is 5.06. The maximum absolute atomic E-state index is 13.1. The van der Waals surface area contributed by atoms with Crippen LogP contribution in [-0.2, 0) is 6.54 Å². The van der Waals surface area contributed by atoms with Crippen molar-refractivity contribution >= 4 is 56.1 Å². The minimum Gasteiger partial charge on any atom is -0.297 e. The molecule has 8 nitrogen and oxygen atoms in total. The fourth-order valence-electron chi connectivity index (χ4n) is 3.51. The summed E-state index contributed by atoms with van der Waals surface area (Å²) < 4.78 is 4.23. The number of aromatic amines is 1. The van der Waals surface area contributed by atoms with Crippen LogP contribution in [0.3, 0.4) is 0 Å². The van der Waals surface area contributed by atoms with Crippen LogP contribution in [0.25, 0.3) is 26.6 Å². The number of H-pyrrole nitrogens is 1. The Morgan fingerprint density at radius 1 is 1.24 bits per heavy atom. The average molecular weight is 494 g/mol. The zero-order valence-electron chi connectivity index (χ0n) is 17.8. The van der Waals surface area contributed by atoms with E-state index >= 15 is 0 Å².